The van der Waals surface area contributed by atoms with Crippen LogP contribution in [0.3, 0.4) is 0 Å². The van der Waals surface area contributed by atoms with Crippen LogP contribution >= 0.6 is 33.9 Å². The molecule has 1 aromatic heterocycles. The maximum absolute atomic E-state index is 11.6. The van der Waals surface area contributed by atoms with Crippen LogP contribution in [-0.2, 0) is 4.79 Å². The molecule has 2 amide bonds. The Bertz CT molecular complexity index is 423. The normalized spacial score (nSPS) is 11.1. The predicted molar refractivity (Wildman–Crippen MR) is 77.3 cm³/mol. The van der Waals surface area contributed by atoms with Crippen molar-refractivity contribution in [2.45, 2.75) is 26.3 Å². The van der Waals surface area contributed by atoms with E-state index in [0.29, 0.717) is 5.56 Å². The van der Waals surface area contributed by atoms with Gasteiger partial charge < -0.3 is 10.6 Å². The van der Waals surface area contributed by atoms with E-state index < -0.39 is 0 Å². The van der Waals surface area contributed by atoms with Crippen LogP contribution in [0.2, 0.25) is 0 Å². The van der Waals surface area contributed by atoms with Crippen molar-refractivity contribution in [1.29, 1.82) is 0 Å². The molecule has 0 aromatic carbocycles. The first-order valence-corrected chi connectivity index (χ1v) is 7.07. The minimum atomic E-state index is -0.278. The van der Waals surface area contributed by atoms with Crippen molar-refractivity contribution in [3.63, 3.8) is 0 Å². The SMILES string of the molecule is CC(C)(C)NC(=O)CNC(=O)c1csc(I)c1. The van der Waals surface area contributed by atoms with Gasteiger partial charge in [-0.25, -0.2) is 0 Å². The standard InChI is InChI=1S/C11H15IN2O2S/c1-11(2,3)14-9(15)5-13-10(16)7-4-8(12)17-6-7/h4,6H,5H2,1-3H3,(H,13,16)(H,14,15). The van der Waals surface area contributed by atoms with Gasteiger partial charge in [0.15, 0.2) is 0 Å². The van der Waals surface area contributed by atoms with E-state index in [-0.39, 0.29) is 23.9 Å². The van der Waals surface area contributed by atoms with Crippen molar-refractivity contribution >= 4 is 45.7 Å². The highest BCUT2D eigenvalue weighted by molar-refractivity contribution is 14.1. The largest absolute Gasteiger partial charge is 0.350 e. The fourth-order valence-electron chi connectivity index (χ4n) is 1.15. The zero-order chi connectivity index (χ0) is 13.1. The van der Waals surface area contributed by atoms with Crippen LogP contribution in [0.1, 0.15) is 31.1 Å². The zero-order valence-corrected chi connectivity index (χ0v) is 12.9. The number of rotatable bonds is 3. The first kappa shape index (κ1) is 14.4. The Morgan fingerprint density at radius 2 is 2.06 bits per heavy atom. The molecule has 94 valence electrons. The average Bonchev–Trinajstić information content (AvgIpc) is 2.58. The molecule has 1 heterocycles. The number of thiophene rings is 1. The molecule has 0 bridgehead atoms. The van der Waals surface area contributed by atoms with Crippen molar-refractivity contribution in [2.75, 3.05) is 6.54 Å². The second-order valence-electron chi connectivity index (χ2n) is 4.62. The Morgan fingerprint density at radius 3 is 2.53 bits per heavy atom. The van der Waals surface area contributed by atoms with E-state index in [9.17, 15) is 9.59 Å². The van der Waals surface area contributed by atoms with Crippen LogP contribution in [-0.4, -0.2) is 23.9 Å². The van der Waals surface area contributed by atoms with Crippen molar-refractivity contribution < 1.29 is 9.59 Å². The lowest BCUT2D eigenvalue weighted by Gasteiger charge is -2.20. The third-order valence-corrected chi connectivity index (χ3v) is 3.54. The molecule has 0 aliphatic rings. The smallest absolute Gasteiger partial charge is 0.252 e. The molecule has 0 aliphatic heterocycles. The average molecular weight is 366 g/mol. The lowest BCUT2D eigenvalue weighted by Crippen LogP contribution is -2.45. The molecule has 0 unspecified atom stereocenters. The lowest BCUT2D eigenvalue weighted by atomic mass is 10.1. The summed E-state index contributed by atoms with van der Waals surface area (Å²) in [5, 5.41) is 7.14. The van der Waals surface area contributed by atoms with Gasteiger partial charge in [-0.1, -0.05) is 0 Å². The highest BCUT2D eigenvalue weighted by Gasteiger charge is 2.15. The van der Waals surface area contributed by atoms with Gasteiger partial charge >= 0.3 is 0 Å². The van der Waals surface area contributed by atoms with Gasteiger partial charge in [0.25, 0.3) is 5.91 Å². The summed E-state index contributed by atoms with van der Waals surface area (Å²) in [6, 6.07) is 1.79. The predicted octanol–water partition coefficient (Wildman–Crippen LogP) is 2.00. The van der Waals surface area contributed by atoms with Crippen molar-refractivity contribution in [2.24, 2.45) is 0 Å². The summed E-state index contributed by atoms with van der Waals surface area (Å²) in [5.74, 6) is -0.399. The minimum absolute atomic E-state index is 0.00251. The number of hydrogen-bond donors (Lipinski definition) is 2. The lowest BCUT2D eigenvalue weighted by molar-refractivity contribution is -0.121. The summed E-state index contributed by atoms with van der Waals surface area (Å²) in [6.45, 7) is 5.69. The maximum Gasteiger partial charge on any atom is 0.252 e. The van der Waals surface area contributed by atoms with Crippen LogP contribution in [0.15, 0.2) is 11.4 Å². The van der Waals surface area contributed by atoms with Crippen LogP contribution in [0, 0.1) is 2.88 Å². The number of nitrogens with one attached hydrogen (secondary N) is 2. The number of hydrogen-bond acceptors (Lipinski definition) is 3. The van der Waals surface area contributed by atoms with Gasteiger partial charge in [0.05, 0.1) is 15.0 Å². The fraction of sp³-hybridized carbons (Fsp3) is 0.455. The van der Waals surface area contributed by atoms with Gasteiger partial charge in [-0.2, -0.15) is 0 Å². The van der Waals surface area contributed by atoms with E-state index in [1.807, 2.05) is 20.8 Å². The third kappa shape index (κ3) is 5.49. The van der Waals surface area contributed by atoms with Gasteiger partial charge in [0, 0.05) is 10.9 Å². The molecule has 0 saturated heterocycles. The van der Waals surface area contributed by atoms with Gasteiger partial charge in [-0.3, -0.25) is 9.59 Å². The topological polar surface area (TPSA) is 58.2 Å². The van der Waals surface area contributed by atoms with E-state index in [0.717, 1.165) is 2.88 Å². The molecular formula is C11H15IN2O2S. The molecule has 0 fully saturated rings. The quantitative estimate of drug-likeness (QED) is 0.804. The molecule has 0 atom stereocenters. The number of carbonyl (C=O) groups is 2. The molecule has 0 spiro atoms. The van der Waals surface area contributed by atoms with E-state index in [4.69, 9.17) is 0 Å². The summed E-state index contributed by atoms with van der Waals surface area (Å²) in [4.78, 5) is 23.1. The van der Waals surface area contributed by atoms with Crippen LogP contribution < -0.4 is 10.6 Å². The summed E-state index contributed by atoms with van der Waals surface area (Å²) in [7, 11) is 0. The molecule has 6 heteroatoms. The van der Waals surface area contributed by atoms with E-state index in [1.165, 1.54) is 11.3 Å². The Morgan fingerprint density at radius 1 is 1.41 bits per heavy atom. The van der Waals surface area contributed by atoms with Crippen molar-refractivity contribution in [1.82, 2.24) is 10.6 Å². The van der Waals surface area contributed by atoms with Crippen LogP contribution in [0.25, 0.3) is 0 Å². The highest BCUT2D eigenvalue weighted by atomic mass is 127. The summed E-state index contributed by atoms with van der Waals surface area (Å²) >= 11 is 3.66. The molecule has 0 saturated carbocycles. The monoisotopic (exact) mass is 366 g/mol. The van der Waals surface area contributed by atoms with E-state index >= 15 is 0 Å². The second kappa shape index (κ2) is 5.81. The first-order valence-electron chi connectivity index (χ1n) is 5.11. The minimum Gasteiger partial charge on any atom is -0.350 e. The van der Waals surface area contributed by atoms with Crippen molar-refractivity contribution in [3.8, 4) is 0 Å². The number of halogens is 1. The molecule has 1 aromatic rings. The van der Waals surface area contributed by atoms with Gasteiger partial charge in [0.2, 0.25) is 5.91 Å². The summed E-state index contributed by atoms with van der Waals surface area (Å²) in [6.07, 6.45) is 0. The molecule has 2 N–H and O–H groups in total. The Kier molecular flexibility index (Phi) is 4.93. The molecule has 17 heavy (non-hydrogen) atoms. The van der Waals surface area contributed by atoms with Gasteiger partial charge in [0.1, 0.15) is 0 Å². The van der Waals surface area contributed by atoms with E-state index in [2.05, 4.69) is 33.2 Å². The Labute approximate surface area is 118 Å². The molecule has 0 aliphatic carbocycles. The molecule has 4 nitrogen and oxygen atoms in total. The van der Waals surface area contributed by atoms with Crippen LogP contribution in [0.5, 0.6) is 0 Å². The molecule has 0 radical (unpaired) electrons. The summed E-state index contributed by atoms with van der Waals surface area (Å²) < 4.78 is 1.05. The summed E-state index contributed by atoms with van der Waals surface area (Å²) in [5.41, 5.74) is 0.322. The molecule has 1 rings (SSSR count). The Hall–Kier alpha value is -0.630. The molecular weight excluding hydrogens is 351 g/mol. The fourth-order valence-corrected chi connectivity index (χ4v) is 2.48. The number of carbonyl (C=O) groups excluding carboxylic acids is 2. The van der Waals surface area contributed by atoms with E-state index in [1.54, 1.807) is 11.4 Å². The number of amides is 2. The second-order valence-corrected chi connectivity index (χ2v) is 7.43. The zero-order valence-electron chi connectivity index (χ0n) is 9.96. The third-order valence-electron chi connectivity index (χ3n) is 1.75. The highest BCUT2D eigenvalue weighted by Crippen LogP contribution is 2.16. The van der Waals surface area contributed by atoms with Crippen molar-refractivity contribution in [3.05, 3.63) is 19.9 Å². The van der Waals surface area contributed by atoms with Crippen LogP contribution in [0.4, 0.5) is 0 Å². The maximum atomic E-state index is 11.6. The van der Waals surface area contributed by atoms with Gasteiger partial charge in [-0.15, -0.1) is 11.3 Å². The first-order chi connectivity index (χ1) is 7.78. The Balaban J connectivity index is 2.41. The van der Waals surface area contributed by atoms with Gasteiger partial charge in [-0.05, 0) is 49.4 Å².